The summed E-state index contributed by atoms with van der Waals surface area (Å²) in [5.41, 5.74) is 6.43. The van der Waals surface area contributed by atoms with Crippen LogP contribution in [-0.4, -0.2) is 35.5 Å². The fraction of sp³-hybridized carbons (Fsp3) is 0.296. The first kappa shape index (κ1) is 22.2. The molecule has 0 saturated heterocycles. The second-order valence-corrected chi connectivity index (χ2v) is 11.1. The molecule has 35 heavy (non-hydrogen) atoms. The topological polar surface area (TPSA) is 71.5 Å². The molecule has 6 rings (SSSR count). The zero-order chi connectivity index (χ0) is 23.9. The molecule has 3 heterocycles. The number of aromatic nitrogens is 1. The van der Waals surface area contributed by atoms with Crippen LogP contribution < -0.4 is 5.32 Å². The molecular weight excluding hydrogens is 478 g/mol. The fourth-order valence-corrected chi connectivity index (χ4v) is 7.40. The molecular formula is C27H25N3O3S2. The van der Waals surface area contributed by atoms with Crippen LogP contribution in [-0.2, 0) is 30.5 Å². The number of fused-ring (bicyclic) bond motifs is 3. The third-order valence-corrected chi connectivity index (χ3v) is 9.02. The Bertz CT molecular complexity index is 1420. The average molecular weight is 504 g/mol. The van der Waals surface area contributed by atoms with Gasteiger partial charge in [-0.3, -0.25) is 4.79 Å². The number of nitrogens with one attached hydrogen (secondary N) is 1. The highest BCUT2D eigenvalue weighted by Gasteiger charge is 2.30. The SMILES string of the molecule is COC(=O)N1CCc2c(sc(NC(=O)c3ccc4c(c3)CCCC4)c2-c2nc3ccccc3s2)C1. The van der Waals surface area contributed by atoms with Crippen LogP contribution in [0.15, 0.2) is 42.5 Å². The Hall–Kier alpha value is -3.23. The smallest absolute Gasteiger partial charge is 0.409 e. The summed E-state index contributed by atoms with van der Waals surface area (Å²) in [4.78, 5) is 33.2. The van der Waals surface area contributed by atoms with Gasteiger partial charge in [0.2, 0.25) is 0 Å². The molecule has 2 amide bonds. The number of nitrogens with zero attached hydrogens (tertiary/aromatic N) is 2. The van der Waals surface area contributed by atoms with Gasteiger partial charge in [-0.15, -0.1) is 22.7 Å². The van der Waals surface area contributed by atoms with Crippen molar-refractivity contribution in [1.29, 1.82) is 0 Å². The van der Waals surface area contributed by atoms with Gasteiger partial charge in [-0.25, -0.2) is 9.78 Å². The lowest BCUT2D eigenvalue weighted by atomic mass is 9.90. The molecule has 2 aliphatic rings. The van der Waals surface area contributed by atoms with Crippen molar-refractivity contribution in [1.82, 2.24) is 9.88 Å². The molecule has 1 aliphatic heterocycles. The number of hydrogen-bond acceptors (Lipinski definition) is 6. The molecule has 6 nitrogen and oxygen atoms in total. The molecule has 0 fully saturated rings. The van der Waals surface area contributed by atoms with Gasteiger partial charge in [-0.05, 0) is 73.1 Å². The Morgan fingerprint density at radius 1 is 1.03 bits per heavy atom. The van der Waals surface area contributed by atoms with E-state index in [1.54, 1.807) is 16.2 Å². The van der Waals surface area contributed by atoms with Crippen molar-refractivity contribution in [2.45, 2.75) is 38.6 Å². The summed E-state index contributed by atoms with van der Waals surface area (Å²) >= 11 is 3.17. The molecule has 0 atom stereocenters. The van der Waals surface area contributed by atoms with E-state index >= 15 is 0 Å². The second-order valence-electron chi connectivity index (χ2n) is 8.98. The minimum atomic E-state index is -0.328. The second kappa shape index (κ2) is 9.09. The van der Waals surface area contributed by atoms with E-state index in [0.29, 0.717) is 25.1 Å². The van der Waals surface area contributed by atoms with Gasteiger partial charge in [0.1, 0.15) is 10.0 Å². The number of anilines is 1. The number of benzene rings is 2. The van der Waals surface area contributed by atoms with Crippen LogP contribution in [0.1, 0.15) is 44.8 Å². The van der Waals surface area contributed by atoms with E-state index in [0.717, 1.165) is 49.1 Å². The Morgan fingerprint density at radius 2 is 1.86 bits per heavy atom. The molecule has 1 aliphatic carbocycles. The van der Waals surface area contributed by atoms with Crippen LogP contribution in [0.5, 0.6) is 0 Å². The summed E-state index contributed by atoms with van der Waals surface area (Å²) in [6, 6.07) is 14.2. The van der Waals surface area contributed by atoms with Gasteiger partial charge < -0.3 is 15.0 Å². The predicted octanol–water partition coefficient (Wildman–Crippen LogP) is 6.28. The molecule has 0 bridgehead atoms. The van der Waals surface area contributed by atoms with E-state index in [-0.39, 0.29) is 12.0 Å². The van der Waals surface area contributed by atoms with Crippen molar-refractivity contribution < 1.29 is 14.3 Å². The maximum absolute atomic E-state index is 13.4. The van der Waals surface area contributed by atoms with Crippen LogP contribution in [0.2, 0.25) is 0 Å². The molecule has 0 saturated carbocycles. The van der Waals surface area contributed by atoms with Crippen molar-refractivity contribution in [2.75, 3.05) is 19.0 Å². The highest BCUT2D eigenvalue weighted by molar-refractivity contribution is 7.23. The van der Waals surface area contributed by atoms with Gasteiger partial charge in [0, 0.05) is 22.5 Å². The zero-order valence-electron chi connectivity index (χ0n) is 19.4. The molecule has 0 spiro atoms. The first-order valence-corrected chi connectivity index (χ1v) is 13.5. The standard InChI is InChI=1S/C27H25N3O3S2/c1-33-27(32)30-13-12-19-22(15-30)35-26(23(19)25-28-20-8-4-5-9-21(20)34-25)29-24(31)18-11-10-16-6-2-3-7-17(16)14-18/h4-5,8-11,14H,2-3,6-7,12-13,15H2,1H3,(H,29,31). The Balaban J connectivity index is 1.39. The molecule has 4 aromatic rings. The third kappa shape index (κ3) is 4.10. The lowest BCUT2D eigenvalue weighted by molar-refractivity contribution is 0.102. The number of carbonyl (C=O) groups excluding carboxylic acids is 2. The molecule has 1 N–H and O–H groups in total. The van der Waals surface area contributed by atoms with Crippen molar-refractivity contribution in [2.24, 2.45) is 0 Å². The van der Waals surface area contributed by atoms with Crippen molar-refractivity contribution >= 4 is 49.9 Å². The summed E-state index contributed by atoms with van der Waals surface area (Å²) in [7, 11) is 1.41. The number of ether oxygens (including phenoxy) is 1. The number of amides is 2. The van der Waals surface area contributed by atoms with E-state index in [9.17, 15) is 9.59 Å². The number of para-hydroxylation sites is 1. The quantitative estimate of drug-likeness (QED) is 0.357. The van der Waals surface area contributed by atoms with Crippen molar-refractivity contribution in [3.8, 4) is 10.6 Å². The number of methoxy groups -OCH3 is 1. The lowest BCUT2D eigenvalue weighted by Crippen LogP contribution is -2.35. The highest BCUT2D eigenvalue weighted by atomic mass is 32.1. The summed E-state index contributed by atoms with van der Waals surface area (Å²) in [6.07, 6.45) is 4.88. The number of thiophene rings is 1. The monoisotopic (exact) mass is 503 g/mol. The molecule has 0 radical (unpaired) electrons. The van der Waals surface area contributed by atoms with E-state index in [1.165, 1.54) is 42.4 Å². The van der Waals surface area contributed by atoms with E-state index in [4.69, 9.17) is 9.72 Å². The van der Waals surface area contributed by atoms with Crippen LogP contribution >= 0.6 is 22.7 Å². The minimum absolute atomic E-state index is 0.107. The van der Waals surface area contributed by atoms with Gasteiger partial charge in [-0.1, -0.05) is 18.2 Å². The van der Waals surface area contributed by atoms with Crippen LogP contribution in [0.25, 0.3) is 20.8 Å². The maximum atomic E-state index is 13.4. The predicted molar refractivity (Wildman–Crippen MR) is 140 cm³/mol. The fourth-order valence-electron chi connectivity index (χ4n) is 5.03. The molecule has 2 aromatic carbocycles. The Morgan fingerprint density at radius 3 is 2.69 bits per heavy atom. The molecule has 8 heteroatoms. The van der Waals surface area contributed by atoms with E-state index in [2.05, 4.69) is 17.4 Å². The average Bonchev–Trinajstić information content (AvgIpc) is 3.47. The van der Waals surface area contributed by atoms with Gasteiger partial charge in [-0.2, -0.15) is 0 Å². The maximum Gasteiger partial charge on any atom is 0.409 e. The number of aryl methyl sites for hydroxylation is 2. The van der Waals surface area contributed by atoms with Crippen molar-refractivity contribution in [3.05, 3.63) is 69.6 Å². The normalized spacial score (nSPS) is 14.9. The lowest BCUT2D eigenvalue weighted by Gasteiger charge is -2.25. The number of rotatable bonds is 3. The highest BCUT2D eigenvalue weighted by Crippen LogP contribution is 2.46. The van der Waals surface area contributed by atoms with Gasteiger partial charge in [0.15, 0.2) is 0 Å². The largest absolute Gasteiger partial charge is 0.453 e. The summed E-state index contributed by atoms with van der Waals surface area (Å²) in [6.45, 7) is 1.05. The summed E-state index contributed by atoms with van der Waals surface area (Å²) in [5, 5.41) is 4.90. The van der Waals surface area contributed by atoms with Gasteiger partial charge in [0.25, 0.3) is 5.91 Å². The minimum Gasteiger partial charge on any atom is -0.453 e. The van der Waals surface area contributed by atoms with Crippen LogP contribution in [0, 0.1) is 0 Å². The summed E-state index contributed by atoms with van der Waals surface area (Å²) in [5.74, 6) is -0.107. The Labute approximate surface area is 211 Å². The number of hydrogen-bond donors (Lipinski definition) is 1. The first-order valence-electron chi connectivity index (χ1n) is 11.9. The number of carbonyl (C=O) groups is 2. The first-order chi connectivity index (χ1) is 17.1. The van der Waals surface area contributed by atoms with Crippen LogP contribution in [0.3, 0.4) is 0 Å². The van der Waals surface area contributed by atoms with E-state index in [1.807, 2.05) is 30.3 Å². The molecule has 2 aromatic heterocycles. The third-order valence-electron chi connectivity index (χ3n) is 6.84. The van der Waals surface area contributed by atoms with Crippen molar-refractivity contribution in [3.63, 3.8) is 0 Å². The van der Waals surface area contributed by atoms with Gasteiger partial charge >= 0.3 is 6.09 Å². The Kier molecular flexibility index (Phi) is 5.78. The van der Waals surface area contributed by atoms with Crippen LogP contribution in [0.4, 0.5) is 9.80 Å². The van der Waals surface area contributed by atoms with E-state index < -0.39 is 0 Å². The summed E-state index contributed by atoms with van der Waals surface area (Å²) < 4.78 is 6.06. The number of thiazole rings is 1. The zero-order valence-corrected chi connectivity index (χ0v) is 21.1. The molecule has 0 unspecified atom stereocenters. The molecule has 178 valence electrons. The van der Waals surface area contributed by atoms with Gasteiger partial charge in [0.05, 0.1) is 23.9 Å².